The van der Waals surface area contributed by atoms with Gasteiger partial charge in [-0.15, -0.1) is 12.4 Å². The summed E-state index contributed by atoms with van der Waals surface area (Å²) in [7, 11) is 0. The van der Waals surface area contributed by atoms with E-state index in [1.807, 2.05) is 6.07 Å². The summed E-state index contributed by atoms with van der Waals surface area (Å²) in [5, 5.41) is 3.46. The van der Waals surface area contributed by atoms with Gasteiger partial charge < -0.3 is 20.5 Å². The second-order valence-electron chi connectivity index (χ2n) is 5.59. The molecule has 1 aromatic rings. The Morgan fingerprint density at radius 1 is 1.32 bits per heavy atom. The summed E-state index contributed by atoms with van der Waals surface area (Å²) in [4.78, 5) is 12.1. The summed E-state index contributed by atoms with van der Waals surface area (Å²) in [6.07, 6.45) is 2.57. The zero-order valence-corrected chi connectivity index (χ0v) is 13.7. The number of benzene rings is 1. The van der Waals surface area contributed by atoms with Crippen LogP contribution in [0.4, 0.5) is 0 Å². The van der Waals surface area contributed by atoms with E-state index in [0.717, 1.165) is 24.8 Å². The van der Waals surface area contributed by atoms with Gasteiger partial charge in [-0.25, -0.2) is 0 Å². The van der Waals surface area contributed by atoms with Crippen LogP contribution < -0.4 is 20.5 Å². The van der Waals surface area contributed by atoms with Gasteiger partial charge >= 0.3 is 0 Å². The molecular weight excluding hydrogens is 327 g/mol. The fourth-order valence-electron chi connectivity index (χ4n) is 2.85. The highest BCUT2D eigenvalue weighted by Gasteiger charge is 2.27. The van der Waals surface area contributed by atoms with E-state index < -0.39 is 0 Å². The minimum Gasteiger partial charge on any atom is -0.486 e. The molecule has 5 nitrogen and oxygen atoms in total. The molecule has 0 bridgehead atoms. The number of amides is 1. The number of nitrogens with two attached hydrogens (primary N) is 1. The number of carbonyl (C=O) groups is 1. The average Bonchev–Trinajstić information content (AvgIpc) is 2.91. The molecule has 1 amide bonds. The van der Waals surface area contributed by atoms with Crippen LogP contribution in [-0.4, -0.2) is 25.2 Å². The van der Waals surface area contributed by atoms with Gasteiger partial charge in [0.15, 0.2) is 11.5 Å². The van der Waals surface area contributed by atoms with Crippen LogP contribution in [0.5, 0.6) is 11.5 Å². The molecule has 0 aromatic heterocycles. The monoisotopic (exact) mass is 346 g/mol. The van der Waals surface area contributed by atoms with E-state index in [9.17, 15) is 4.79 Å². The molecule has 1 aromatic carbocycles. The Kier molecular flexibility index (Phi) is 5.78. The highest BCUT2D eigenvalue weighted by atomic mass is 35.5. The summed E-state index contributed by atoms with van der Waals surface area (Å²) in [6, 6.07) is 3.82. The predicted molar refractivity (Wildman–Crippen MR) is 86.9 cm³/mol. The molecule has 2 atom stereocenters. The van der Waals surface area contributed by atoms with E-state index >= 15 is 0 Å². The molecule has 0 saturated heterocycles. The van der Waals surface area contributed by atoms with Gasteiger partial charge in [-0.1, -0.05) is 11.6 Å². The van der Waals surface area contributed by atoms with Crippen LogP contribution in [0.15, 0.2) is 12.1 Å². The lowest BCUT2D eigenvalue weighted by Gasteiger charge is -2.20. The number of ether oxygens (including phenoxy) is 2. The number of rotatable bonds is 3. The van der Waals surface area contributed by atoms with Gasteiger partial charge in [0.05, 0.1) is 5.02 Å². The molecule has 0 radical (unpaired) electrons. The SMILES string of the molecule is Cl.NC1CCC(C(=O)NCc2cc(Cl)c3c(c2)OCCO3)C1. The van der Waals surface area contributed by atoms with Crippen molar-refractivity contribution in [3.63, 3.8) is 0 Å². The van der Waals surface area contributed by atoms with Crippen LogP contribution >= 0.6 is 24.0 Å². The molecule has 122 valence electrons. The van der Waals surface area contributed by atoms with Gasteiger partial charge in [0.1, 0.15) is 13.2 Å². The number of halogens is 2. The standard InChI is InChI=1S/C15H19ClN2O3.ClH/c16-12-5-9(6-13-14(12)21-4-3-20-13)8-18-15(19)10-1-2-11(17)7-10;/h5-6,10-11H,1-4,7-8,17H2,(H,18,19);1H. The third kappa shape index (κ3) is 3.77. The molecule has 1 aliphatic heterocycles. The summed E-state index contributed by atoms with van der Waals surface area (Å²) in [5.41, 5.74) is 6.74. The summed E-state index contributed by atoms with van der Waals surface area (Å²) in [5.74, 6) is 1.32. The number of hydrogen-bond donors (Lipinski definition) is 2. The van der Waals surface area contributed by atoms with Crippen molar-refractivity contribution in [2.45, 2.75) is 31.8 Å². The maximum atomic E-state index is 12.1. The molecule has 1 fully saturated rings. The number of fused-ring (bicyclic) bond motifs is 1. The molecule has 0 spiro atoms. The van der Waals surface area contributed by atoms with Crippen LogP contribution in [0, 0.1) is 5.92 Å². The molecule has 3 rings (SSSR count). The van der Waals surface area contributed by atoms with Crippen molar-refractivity contribution in [3.05, 3.63) is 22.7 Å². The zero-order valence-electron chi connectivity index (χ0n) is 12.1. The normalized spacial score (nSPS) is 22.8. The van der Waals surface area contributed by atoms with E-state index in [2.05, 4.69) is 5.32 Å². The van der Waals surface area contributed by atoms with Gasteiger partial charge in [-0.05, 0) is 37.0 Å². The van der Waals surface area contributed by atoms with Crippen molar-refractivity contribution in [2.24, 2.45) is 11.7 Å². The van der Waals surface area contributed by atoms with Crippen molar-refractivity contribution in [3.8, 4) is 11.5 Å². The molecule has 22 heavy (non-hydrogen) atoms. The van der Waals surface area contributed by atoms with Gasteiger partial charge in [-0.3, -0.25) is 4.79 Å². The van der Waals surface area contributed by atoms with Crippen LogP contribution in [0.2, 0.25) is 5.02 Å². The highest BCUT2D eigenvalue weighted by molar-refractivity contribution is 6.32. The smallest absolute Gasteiger partial charge is 0.223 e. The van der Waals surface area contributed by atoms with Crippen molar-refractivity contribution >= 4 is 29.9 Å². The zero-order chi connectivity index (χ0) is 14.8. The molecule has 3 N–H and O–H groups in total. The molecule has 1 saturated carbocycles. The van der Waals surface area contributed by atoms with Crippen LogP contribution in [0.3, 0.4) is 0 Å². The Morgan fingerprint density at radius 3 is 2.82 bits per heavy atom. The van der Waals surface area contributed by atoms with E-state index in [-0.39, 0.29) is 30.3 Å². The molecular formula is C15H20Cl2N2O3. The van der Waals surface area contributed by atoms with Crippen LogP contribution in [0.25, 0.3) is 0 Å². The lowest BCUT2D eigenvalue weighted by atomic mass is 10.1. The first kappa shape index (κ1) is 17.2. The average molecular weight is 347 g/mol. The first-order chi connectivity index (χ1) is 10.1. The molecule has 1 aliphatic carbocycles. The largest absolute Gasteiger partial charge is 0.486 e. The molecule has 2 aliphatic rings. The molecule has 7 heteroatoms. The van der Waals surface area contributed by atoms with Crippen molar-refractivity contribution in [1.82, 2.24) is 5.32 Å². The fourth-order valence-corrected chi connectivity index (χ4v) is 3.14. The van der Waals surface area contributed by atoms with Crippen LogP contribution in [0.1, 0.15) is 24.8 Å². The van der Waals surface area contributed by atoms with E-state index in [1.54, 1.807) is 6.07 Å². The minimum atomic E-state index is 0. The van der Waals surface area contributed by atoms with Gasteiger partial charge in [0.2, 0.25) is 5.91 Å². The maximum Gasteiger partial charge on any atom is 0.223 e. The molecule has 1 heterocycles. The quantitative estimate of drug-likeness (QED) is 0.880. The Hall–Kier alpha value is -1.17. The third-order valence-corrected chi connectivity index (χ3v) is 4.25. The minimum absolute atomic E-state index is 0. The van der Waals surface area contributed by atoms with Crippen molar-refractivity contribution in [2.75, 3.05) is 13.2 Å². The van der Waals surface area contributed by atoms with Gasteiger partial charge in [0, 0.05) is 18.5 Å². The first-order valence-electron chi connectivity index (χ1n) is 7.25. The highest BCUT2D eigenvalue weighted by Crippen LogP contribution is 2.38. The lowest BCUT2D eigenvalue weighted by molar-refractivity contribution is -0.125. The second-order valence-corrected chi connectivity index (χ2v) is 6.00. The lowest BCUT2D eigenvalue weighted by Crippen LogP contribution is -2.30. The first-order valence-corrected chi connectivity index (χ1v) is 7.62. The summed E-state index contributed by atoms with van der Waals surface area (Å²) in [6.45, 7) is 1.45. The van der Waals surface area contributed by atoms with Crippen LogP contribution in [-0.2, 0) is 11.3 Å². The Balaban J connectivity index is 0.00000176. The van der Waals surface area contributed by atoms with Gasteiger partial charge in [-0.2, -0.15) is 0 Å². The number of hydrogen-bond acceptors (Lipinski definition) is 4. The number of nitrogens with one attached hydrogen (secondary N) is 1. The van der Waals surface area contributed by atoms with Gasteiger partial charge in [0.25, 0.3) is 0 Å². The molecule has 2 unspecified atom stereocenters. The van der Waals surface area contributed by atoms with Crippen molar-refractivity contribution in [1.29, 1.82) is 0 Å². The van der Waals surface area contributed by atoms with E-state index in [0.29, 0.717) is 36.3 Å². The summed E-state index contributed by atoms with van der Waals surface area (Å²) < 4.78 is 11.0. The Morgan fingerprint density at radius 2 is 2.09 bits per heavy atom. The fraction of sp³-hybridized carbons (Fsp3) is 0.533. The number of carbonyl (C=O) groups excluding carboxylic acids is 1. The maximum absolute atomic E-state index is 12.1. The second kappa shape index (κ2) is 7.40. The predicted octanol–water partition coefficient (Wildman–Crippen LogP) is 2.28. The van der Waals surface area contributed by atoms with E-state index in [1.165, 1.54) is 0 Å². The Bertz CT molecular complexity index is 554. The Labute approximate surface area is 140 Å². The third-order valence-electron chi connectivity index (χ3n) is 3.97. The van der Waals surface area contributed by atoms with E-state index in [4.69, 9.17) is 26.8 Å². The van der Waals surface area contributed by atoms with Crippen molar-refractivity contribution < 1.29 is 14.3 Å². The topological polar surface area (TPSA) is 73.6 Å². The summed E-state index contributed by atoms with van der Waals surface area (Å²) >= 11 is 6.17.